The van der Waals surface area contributed by atoms with E-state index in [0.717, 1.165) is 42.5 Å². The van der Waals surface area contributed by atoms with Gasteiger partial charge in [0.15, 0.2) is 9.84 Å². The smallest absolute Gasteiger partial charge is 0.224 e. The van der Waals surface area contributed by atoms with Crippen LogP contribution in [0.1, 0.15) is 36.9 Å². The van der Waals surface area contributed by atoms with Crippen molar-refractivity contribution in [2.75, 3.05) is 11.5 Å². The minimum Gasteiger partial charge on any atom is -0.399 e. The van der Waals surface area contributed by atoms with Crippen LogP contribution in [-0.4, -0.2) is 20.1 Å². The lowest BCUT2D eigenvalue weighted by atomic mass is 9.87. The fraction of sp³-hybridized carbons (Fsp3) is 0.350. The predicted molar refractivity (Wildman–Crippen MR) is 110 cm³/mol. The fourth-order valence-corrected chi connectivity index (χ4v) is 4.99. The maximum absolute atomic E-state index is 13.0. The molecule has 5 nitrogen and oxygen atoms in total. The van der Waals surface area contributed by atoms with Gasteiger partial charge in [-0.05, 0) is 66.8 Å². The Morgan fingerprint density at radius 1 is 1.25 bits per heavy atom. The quantitative estimate of drug-likeness (QED) is 0.566. The monoisotopic (exact) mass is 426 g/mol. The zero-order valence-corrected chi connectivity index (χ0v) is 17.2. The summed E-state index contributed by atoms with van der Waals surface area (Å²) in [6.45, 7) is 1.59. The summed E-state index contributed by atoms with van der Waals surface area (Å²) in [5.74, 6) is -1.86. The molecular weight excluding hydrogens is 403 g/mol. The average Bonchev–Trinajstić information content (AvgIpc) is 2.61. The molecule has 3 rings (SSSR count). The van der Waals surface area contributed by atoms with Gasteiger partial charge in [-0.25, -0.2) is 12.8 Å². The first-order valence-electron chi connectivity index (χ1n) is 8.93. The molecule has 1 aliphatic rings. The molecule has 2 atom stereocenters. The number of rotatable bonds is 5. The Kier molecular flexibility index (Phi) is 7.06. The highest BCUT2D eigenvalue weighted by Gasteiger charge is 2.27. The minimum absolute atomic E-state index is 0. The molecule has 28 heavy (non-hydrogen) atoms. The summed E-state index contributed by atoms with van der Waals surface area (Å²) < 4.78 is 37.9. The van der Waals surface area contributed by atoms with Gasteiger partial charge in [0.2, 0.25) is 5.91 Å². The molecule has 0 radical (unpaired) electrons. The van der Waals surface area contributed by atoms with E-state index in [1.165, 1.54) is 12.1 Å². The van der Waals surface area contributed by atoms with E-state index in [1.807, 2.05) is 18.2 Å². The first-order valence-corrected chi connectivity index (χ1v) is 10.6. The number of fused-ring (bicyclic) bond motifs is 1. The van der Waals surface area contributed by atoms with Crippen molar-refractivity contribution < 1.29 is 17.6 Å². The zero-order chi connectivity index (χ0) is 19.6. The van der Waals surface area contributed by atoms with Crippen LogP contribution in [0.4, 0.5) is 10.1 Å². The molecule has 0 heterocycles. The molecule has 3 N–H and O–H groups in total. The molecule has 0 aromatic heterocycles. The third-order valence-corrected chi connectivity index (χ3v) is 6.82. The van der Waals surface area contributed by atoms with Crippen molar-refractivity contribution in [2.24, 2.45) is 5.92 Å². The van der Waals surface area contributed by atoms with E-state index in [4.69, 9.17) is 5.73 Å². The van der Waals surface area contributed by atoms with E-state index in [-0.39, 0.29) is 35.0 Å². The lowest BCUT2D eigenvalue weighted by Crippen LogP contribution is -2.37. The highest BCUT2D eigenvalue weighted by atomic mass is 35.5. The standard InChI is InChI=1S/C20H23FN2O3S.ClH/c1-13(12-27(25,26)17-8-5-15(21)6-9-17)20(24)23-19-4-2-3-14-11-16(22)7-10-18(14)19;/h5-11,13,19H,2-4,12,22H2,1H3,(H,23,24);1H. The Bertz CT molecular complexity index is 948. The van der Waals surface area contributed by atoms with Crippen LogP contribution in [-0.2, 0) is 21.1 Å². The summed E-state index contributed by atoms with van der Waals surface area (Å²) in [5, 5.41) is 2.97. The number of benzene rings is 2. The van der Waals surface area contributed by atoms with Gasteiger partial charge in [-0.3, -0.25) is 4.79 Å². The van der Waals surface area contributed by atoms with Gasteiger partial charge in [0.05, 0.1) is 16.7 Å². The fourth-order valence-electron chi connectivity index (χ4n) is 3.44. The molecule has 2 aromatic rings. The largest absolute Gasteiger partial charge is 0.399 e. The van der Waals surface area contributed by atoms with E-state index >= 15 is 0 Å². The normalized spacial score (nSPS) is 17.1. The van der Waals surface area contributed by atoms with Crippen LogP contribution in [0, 0.1) is 11.7 Å². The average molecular weight is 427 g/mol. The Labute approximate surface area is 170 Å². The molecule has 1 aliphatic carbocycles. The number of nitrogens with two attached hydrogens (primary N) is 1. The maximum Gasteiger partial charge on any atom is 0.224 e. The van der Waals surface area contributed by atoms with Gasteiger partial charge < -0.3 is 11.1 Å². The summed E-state index contributed by atoms with van der Waals surface area (Å²) in [6.07, 6.45) is 2.66. The third kappa shape index (κ3) is 5.02. The number of amides is 1. The number of nitrogen functional groups attached to an aromatic ring is 1. The lowest BCUT2D eigenvalue weighted by molar-refractivity contribution is -0.124. The van der Waals surface area contributed by atoms with Crippen LogP contribution in [0.2, 0.25) is 0 Å². The van der Waals surface area contributed by atoms with E-state index < -0.39 is 21.6 Å². The van der Waals surface area contributed by atoms with Crippen molar-refractivity contribution in [3.63, 3.8) is 0 Å². The number of carbonyl (C=O) groups is 1. The lowest BCUT2D eigenvalue weighted by Gasteiger charge is -2.27. The molecule has 0 saturated carbocycles. The second-order valence-corrected chi connectivity index (χ2v) is 9.08. The molecular formula is C20H24ClFN2O3S. The van der Waals surface area contributed by atoms with Gasteiger partial charge in [-0.1, -0.05) is 13.0 Å². The number of hydrogen-bond acceptors (Lipinski definition) is 4. The minimum atomic E-state index is -3.67. The Morgan fingerprint density at radius 2 is 1.93 bits per heavy atom. The number of nitrogens with one attached hydrogen (secondary N) is 1. The number of halogens is 2. The summed E-state index contributed by atoms with van der Waals surface area (Å²) in [7, 11) is -3.67. The summed E-state index contributed by atoms with van der Waals surface area (Å²) in [4.78, 5) is 12.6. The summed E-state index contributed by atoms with van der Waals surface area (Å²) in [6, 6.07) is 10.2. The van der Waals surface area contributed by atoms with Gasteiger partial charge in [0, 0.05) is 11.6 Å². The van der Waals surface area contributed by atoms with Crippen LogP contribution in [0.25, 0.3) is 0 Å². The van der Waals surface area contributed by atoms with Gasteiger partial charge in [0.1, 0.15) is 5.82 Å². The number of carbonyl (C=O) groups excluding carboxylic acids is 1. The summed E-state index contributed by atoms with van der Waals surface area (Å²) >= 11 is 0. The first kappa shape index (κ1) is 22.2. The number of anilines is 1. The predicted octanol–water partition coefficient (Wildman–Crippen LogP) is 3.43. The molecule has 2 unspecified atom stereocenters. The van der Waals surface area contributed by atoms with E-state index in [0.29, 0.717) is 5.69 Å². The Morgan fingerprint density at radius 3 is 2.61 bits per heavy atom. The zero-order valence-electron chi connectivity index (χ0n) is 15.5. The van der Waals surface area contributed by atoms with E-state index in [1.54, 1.807) is 6.92 Å². The van der Waals surface area contributed by atoms with Crippen LogP contribution in [0.5, 0.6) is 0 Å². The molecule has 0 spiro atoms. The van der Waals surface area contributed by atoms with Crippen molar-refractivity contribution in [3.8, 4) is 0 Å². The van der Waals surface area contributed by atoms with E-state index in [2.05, 4.69) is 5.32 Å². The molecule has 0 fully saturated rings. The molecule has 0 aliphatic heterocycles. The van der Waals surface area contributed by atoms with Crippen molar-refractivity contribution in [1.82, 2.24) is 5.32 Å². The molecule has 8 heteroatoms. The maximum atomic E-state index is 13.0. The molecule has 152 valence electrons. The topological polar surface area (TPSA) is 89.3 Å². The third-order valence-electron chi connectivity index (χ3n) is 4.89. The van der Waals surface area contributed by atoms with Gasteiger partial charge in [-0.15, -0.1) is 12.4 Å². The Hall–Kier alpha value is -2.12. The highest BCUT2D eigenvalue weighted by molar-refractivity contribution is 7.91. The van der Waals surface area contributed by atoms with Crippen molar-refractivity contribution in [3.05, 3.63) is 59.4 Å². The molecule has 0 bridgehead atoms. The molecule has 0 saturated heterocycles. The van der Waals surface area contributed by atoms with Crippen LogP contribution in [0.3, 0.4) is 0 Å². The van der Waals surface area contributed by atoms with Gasteiger partial charge >= 0.3 is 0 Å². The van der Waals surface area contributed by atoms with Gasteiger partial charge in [-0.2, -0.15) is 0 Å². The Balaban J connectivity index is 0.00000280. The van der Waals surface area contributed by atoms with Crippen LogP contribution >= 0.6 is 12.4 Å². The number of hydrogen-bond donors (Lipinski definition) is 2. The van der Waals surface area contributed by atoms with Crippen molar-refractivity contribution in [2.45, 2.75) is 37.1 Å². The number of aryl methyl sites for hydroxylation is 1. The van der Waals surface area contributed by atoms with Gasteiger partial charge in [0.25, 0.3) is 0 Å². The SMILES string of the molecule is CC(CS(=O)(=O)c1ccc(F)cc1)C(=O)NC1CCCc2cc(N)ccc21.Cl. The first-order chi connectivity index (χ1) is 12.8. The van der Waals surface area contributed by atoms with Crippen molar-refractivity contribution in [1.29, 1.82) is 0 Å². The summed E-state index contributed by atoms with van der Waals surface area (Å²) in [5.41, 5.74) is 8.69. The highest BCUT2D eigenvalue weighted by Crippen LogP contribution is 2.31. The van der Waals surface area contributed by atoms with Crippen molar-refractivity contribution >= 4 is 33.8 Å². The number of sulfone groups is 1. The molecule has 2 aromatic carbocycles. The molecule has 1 amide bonds. The van der Waals surface area contributed by atoms with E-state index in [9.17, 15) is 17.6 Å². The second-order valence-electron chi connectivity index (χ2n) is 7.05. The second kappa shape index (κ2) is 8.92. The van der Waals surface area contributed by atoms with Crippen LogP contribution in [0.15, 0.2) is 47.4 Å². The van der Waals surface area contributed by atoms with Crippen LogP contribution < -0.4 is 11.1 Å².